The quantitative estimate of drug-likeness (QED) is 0.463. The second kappa shape index (κ2) is 6.97. The molecule has 54 valence electrons. The van der Waals surface area contributed by atoms with Crippen LogP contribution in [-0.2, 0) is 0 Å². The molecule has 0 aliphatic carbocycles. The summed E-state index contributed by atoms with van der Waals surface area (Å²) in [6, 6.07) is 0. The average molecular weight is 134 g/mol. The van der Waals surface area contributed by atoms with Crippen LogP contribution in [0.2, 0.25) is 0 Å². The summed E-state index contributed by atoms with van der Waals surface area (Å²) in [4.78, 5) is 8.56. The Kier molecular flexibility index (Phi) is 8.41. The summed E-state index contributed by atoms with van der Waals surface area (Å²) in [6.07, 6.45) is -0.713. The molecule has 0 saturated carbocycles. The van der Waals surface area contributed by atoms with E-state index in [0.717, 1.165) is 0 Å². The second-order valence-corrected chi connectivity index (χ2v) is 1.26. The van der Waals surface area contributed by atoms with E-state index in [1.54, 1.807) is 6.92 Å². The molecule has 0 rings (SSSR count). The standard InChI is InChI=1S/C4H8O.CH2O3/c1-3-4(2)5;2-1(3)4/h3-5H,1H2,2H3;(H2,2,3,4). The van der Waals surface area contributed by atoms with Crippen molar-refractivity contribution in [1.82, 2.24) is 0 Å². The second-order valence-electron chi connectivity index (χ2n) is 1.26. The number of aliphatic hydroxyl groups is 1. The van der Waals surface area contributed by atoms with Gasteiger partial charge in [0.2, 0.25) is 0 Å². The van der Waals surface area contributed by atoms with Crippen LogP contribution in [0.5, 0.6) is 0 Å². The molecule has 0 aliphatic heterocycles. The van der Waals surface area contributed by atoms with Crippen molar-refractivity contribution in [1.29, 1.82) is 0 Å². The highest BCUT2D eigenvalue weighted by atomic mass is 16.6. The average Bonchev–Trinajstić information content (AvgIpc) is 1.65. The first-order chi connectivity index (χ1) is 4.00. The maximum absolute atomic E-state index is 8.56. The Morgan fingerprint density at radius 2 is 1.78 bits per heavy atom. The minimum Gasteiger partial charge on any atom is -0.450 e. The third kappa shape index (κ3) is 183. The fourth-order valence-corrected chi connectivity index (χ4v) is 0. The van der Waals surface area contributed by atoms with Gasteiger partial charge in [-0.2, -0.15) is 0 Å². The summed E-state index contributed by atoms with van der Waals surface area (Å²) in [6.45, 7) is 4.97. The summed E-state index contributed by atoms with van der Waals surface area (Å²) < 4.78 is 0. The topological polar surface area (TPSA) is 77.8 Å². The summed E-state index contributed by atoms with van der Waals surface area (Å²) in [5.41, 5.74) is 0. The summed E-state index contributed by atoms with van der Waals surface area (Å²) in [5, 5.41) is 22.2. The van der Waals surface area contributed by atoms with E-state index in [1.807, 2.05) is 0 Å². The van der Waals surface area contributed by atoms with Crippen LogP contribution in [0.3, 0.4) is 0 Å². The zero-order valence-corrected chi connectivity index (χ0v) is 5.11. The van der Waals surface area contributed by atoms with Crippen molar-refractivity contribution in [2.75, 3.05) is 0 Å². The van der Waals surface area contributed by atoms with Gasteiger partial charge in [0, 0.05) is 0 Å². The number of hydrogen-bond donors (Lipinski definition) is 3. The van der Waals surface area contributed by atoms with Gasteiger partial charge in [-0.1, -0.05) is 6.08 Å². The molecule has 0 aliphatic rings. The zero-order chi connectivity index (χ0) is 7.86. The van der Waals surface area contributed by atoms with E-state index in [-0.39, 0.29) is 6.10 Å². The summed E-state index contributed by atoms with van der Waals surface area (Å²) >= 11 is 0. The van der Waals surface area contributed by atoms with Crippen LogP contribution in [0.25, 0.3) is 0 Å². The van der Waals surface area contributed by atoms with Gasteiger partial charge < -0.3 is 15.3 Å². The Hall–Kier alpha value is -1.03. The van der Waals surface area contributed by atoms with Crippen molar-refractivity contribution >= 4 is 6.16 Å². The van der Waals surface area contributed by atoms with Gasteiger partial charge in [0.05, 0.1) is 6.10 Å². The van der Waals surface area contributed by atoms with Crippen LogP contribution in [-0.4, -0.2) is 27.6 Å². The Morgan fingerprint density at radius 3 is 1.78 bits per heavy atom. The minimum absolute atomic E-state index is 0.352. The Bertz CT molecular complexity index is 83.0. The molecule has 1 unspecified atom stereocenters. The molecule has 4 nitrogen and oxygen atoms in total. The Morgan fingerprint density at radius 1 is 1.67 bits per heavy atom. The zero-order valence-electron chi connectivity index (χ0n) is 5.11. The Labute approximate surface area is 53.1 Å². The van der Waals surface area contributed by atoms with Crippen LogP contribution >= 0.6 is 0 Å². The normalized spacial score (nSPS) is 10.4. The molecule has 0 saturated heterocycles. The van der Waals surface area contributed by atoms with Crippen LogP contribution < -0.4 is 0 Å². The van der Waals surface area contributed by atoms with Gasteiger partial charge >= 0.3 is 6.16 Å². The monoisotopic (exact) mass is 134 g/mol. The van der Waals surface area contributed by atoms with Gasteiger partial charge in [-0.25, -0.2) is 4.79 Å². The fraction of sp³-hybridized carbons (Fsp3) is 0.400. The molecule has 3 N–H and O–H groups in total. The molecule has 0 amide bonds. The third-order valence-electron chi connectivity index (χ3n) is 0.341. The molecule has 0 fully saturated rings. The van der Waals surface area contributed by atoms with Crippen LogP contribution in [0.4, 0.5) is 4.79 Å². The molecule has 9 heavy (non-hydrogen) atoms. The summed E-state index contributed by atoms with van der Waals surface area (Å²) in [5.74, 6) is 0. The van der Waals surface area contributed by atoms with E-state index in [1.165, 1.54) is 6.08 Å². The van der Waals surface area contributed by atoms with E-state index in [4.69, 9.17) is 20.1 Å². The van der Waals surface area contributed by atoms with E-state index in [9.17, 15) is 0 Å². The van der Waals surface area contributed by atoms with Gasteiger partial charge in [-0.15, -0.1) is 6.58 Å². The van der Waals surface area contributed by atoms with Gasteiger partial charge in [0.25, 0.3) is 0 Å². The smallest absolute Gasteiger partial charge is 0.450 e. The van der Waals surface area contributed by atoms with Crippen LogP contribution in [0, 0.1) is 0 Å². The van der Waals surface area contributed by atoms with Gasteiger partial charge in [0.15, 0.2) is 0 Å². The molecule has 0 aromatic heterocycles. The molecule has 1 atom stereocenters. The molecule has 0 aromatic carbocycles. The number of hydrogen-bond acceptors (Lipinski definition) is 2. The lowest BCUT2D eigenvalue weighted by molar-refractivity contribution is 0.137. The molecule has 4 heteroatoms. The fourth-order valence-electron chi connectivity index (χ4n) is 0. The molecular formula is C5H10O4. The van der Waals surface area contributed by atoms with Crippen molar-refractivity contribution in [3.63, 3.8) is 0 Å². The third-order valence-corrected chi connectivity index (χ3v) is 0.341. The van der Waals surface area contributed by atoms with Crippen molar-refractivity contribution in [2.45, 2.75) is 13.0 Å². The molecule has 0 bridgehead atoms. The lowest BCUT2D eigenvalue weighted by Gasteiger charge is -1.84. The van der Waals surface area contributed by atoms with Gasteiger partial charge in [-0.3, -0.25) is 0 Å². The first kappa shape index (κ1) is 10.9. The van der Waals surface area contributed by atoms with Crippen molar-refractivity contribution in [3.05, 3.63) is 12.7 Å². The highest BCUT2D eigenvalue weighted by Crippen LogP contribution is 1.73. The first-order valence-electron chi connectivity index (χ1n) is 2.23. The number of aliphatic hydroxyl groups excluding tert-OH is 1. The molecular weight excluding hydrogens is 124 g/mol. The lowest BCUT2D eigenvalue weighted by Crippen LogP contribution is -1.88. The number of carbonyl (C=O) groups is 1. The Balaban J connectivity index is 0. The van der Waals surface area contributed by atoms with E-state index >= 15 is 0 Å². The van der Waals surface area contributed by atoms with Gasteiger partial charge in [-0.05, 0) is 6.92 Å². The maximum Gasteiger partial charge on any atom is 0.503 e. The molecule has 0 aromatic rings. The maximum atomic E-state index is 8.56. The van der Waals surface area contributed by atoms with Crippen LogP contribution in [0.1, 0.15) is 6.92 Å². The molecule has 0 radical (unpaired) electrons. The number of rotatable bonds is 1. The van der Waals surface area contributed by atoms with E-state index in [0.29, 0.717) is 0 Å². The molecule has 0 heterocycles. The largest absolute Gasteiger partial charge is 0.503 e. The van der Waals surface area contributed by atoms with E-state index in [2.05, 4.69) is 6.58 Å². The predicted octanol–water partition coefficient (Wildman–Crippen LogP) is 0.776. The molecule has 0 spiro atoms. The highest BCUT2D eigenvalue weighted by molar-refractivity contribution is 5.53. The lowest BCUT2D eigenvalue weighted by atomic mass is 10.4. The van der Waals surface area contributed by atoms with Crippen molar-refractivity contribution in [3.8, 4) is 0 Å². The minimum atomic E-state index is -1.83. The van der Waals surface area contributed by atoms with Gasteiger partial charge in [0.1, 0.15) is 0 Å². The first-order valence-corrected chi connectivity index (χ1v) is 2.23. The van der Waals surface area contributed by atoms with Crippen molar-refractivity contribution in [2.24, 2.45) is 0 Å². The SMILES string of the molecule is C=CC(C)O.O=C(O)O. The van der Waals surface area contributed by atoms with E-state index < -0.39 is 6.16 Å². The predicted molar refractivity (Wildman–Crippen MR) is 32.5 cm³/mol. The van der Waals surface area contributed by atoms with Crippen molar-refractivity contribution < 1.29 is 20.1 Å². The number of carboxylic acid groups (broad SMARTS) is 2. The van der Waals surface area contributed by atoms with Crippen LogP contribution in [0.15, 0.2) is 12.7 Å². The highest BCUT2D eigenvalue weighted by Gasteiger charge is 1.75. The summed E-state index contributed by atoms with van der Waals surface area (Å²) in [7, 11) is 0.